The maximum atomic E-state index is 5.88. The second kappa shape index (κ2) is 7.94. The Morgan fingerprint density at radius 1 is 1.23 bits per heavy atom. The topological polar surface area (TPSA) is 47.5 Å². The van der Waals surface area contributed by atoms with E-state index >= 15 is 0 Å². The summed E-state index contributed by atoms with van der Waals surface area (Å²) in [5, 5.41) is 0.948. The average Bonchev–Trinajstić information content (AvgIpc) is 2.50. The van der Waals surface area contributed by atoms with Gasteiger partial charge < -0.3 is 14.4 Å². The van der Waals surface area contributed by atoms with E-state index in [1.54, 1.807) is 19.6 Å². The lowest BCUT2D eigenvalue weighted by Crippen LogP contribution is -2.25. The molecule has 0 amide bonds. The molecule has 0 aliphatic heterocycles. The van der Waals surface area contributed by atoms with Crippen molar-refractivity contribution in [1.29, 1.82) is 0 Å². The Hall–Kier alpha value is -1.88. The minimum Gasteiger partial charge on any atom is -0.493 e. The number of nitrogens with zero attached hydrogens (tertiary/aromatic N) is 3. The molecule has 1 aromatic heterocycles. The van der Waals surface area contributed by atoms with Crippen LogP contribution in [0.25, 0.3) is 10.9 Å². The van der Waals surface area contributed by atoms with Crippen LogP contribution in [0.4, 0.5) is 0 Å². The summed E-state index contributed by atoms with van der Waals surface area (Å²) in [6, 6.07) is 3.82. The summed E-state index contributed by atoms with van der Waals surface area (Å²) in [7, 11) is 3.79. The van der Waals surface area contributed by atoms with E-state index in [1.807, 2.05) is 12.1 Å². The van der Waals surface area contributed by atoms with Crippen LogP contribution in [0, 0.1) is 5.92 Å². The van der Waals surface area contributed by atoms with Gasteiger partial charge in [-0.05, 0) is 25.5 Å². The third kappa shape index (κ3) is 4.56. The number of fused-ring (bicyclic) bond motifs is 1. The van der Waals surface area contributed by atoms with Crippen LogP contribution in [0.1, 0.15) is 20.3 Å². The molecule has 0 fully saturated rings. The smallest absolute Gasteiger partial charge is 0.163 e. The zero-order valence-electron chi connectivity index (χ0n) is 13.9. The third-order valence-electron chi connectivity index (χ3n) is 3.41. The molecule has 1 heterocycles. The summed E-state index contributed by atoms with van der Waals surface area (Å²) in [4.78, 5) is 10.6. The quantitative estimate of drug-likeness (QED) is 0.702. The monoisotopic (exact) mass is 303 g/mol. The molecule has 0 unspecified atom stereocenters. The highest BCUT2D eigenvalue weighted by molar-refractivity contribution is 5.81. The Morgan fingerprint density at radius 3 is 2.77 bits per heavy atom. The van der Waals surface area contributed by atoms with Crippen molar-refractivity contribution in [3.8, 4) is 11.5 Å². The SMILES string of the molecule is COc1cc2cncnc2cc1OCCCN(C)CC(C)C. The molecule has 5 heteroatoms. The van der Waals surface area contributed by atoms with Crippen molar-refractivity contribution in [2.45, 2.75) is 20.3 Å². The first-order valence-electron chi connectivity index (χ1n) is 7.69. The van der Waals surface area contributed by atoms with Crippen molar-refractivity contribution in [3.63, 3.8) is 0 Å². The fraction of sp³-hybridized carbons (Fsp3) is 0.529. The number of methoxy groups -OCH3 is 1. The standard InChI is InChI=1S/C17H25N3O2/c1-13(2)11-20(3)6-5-7-22-17-9-15-14(8-16(17)21-4)10-18-12-19-15/h8-10,12-13H,5-7,11H2,1-4H3. The summed E-state index contributed by atoms with van der Waals surface area (Å²) in [5.74, 6) is 2.14. The molecule has 1 aromatic carbocycles. The van der Waals surface area contributed by atoms with Crippen molar-refractivity contribution in [3.05, 3.63) is 24.7 Å². The van der Waals surface area contributed by atoms with Gasteiger partial charge in [0.15, 0.2) is 11.5 Å². The van der Waals surface area contributed by atoms with Gasteiger partial charge in [-0.25, -0.2) is 9.97 Å². The Bertz CT molecular complexity index is 601. The van der Waals surface area contributed by atoms with E-state index in [-0.39, 0.29) is 0 Å². The molecule has 0 atom stereocenters. The first-order valence-corrected chi connectivity index (χ1v) is 7.69. The van der Waals surface area contributed by atoms with Crippen molar-refractivity contribution < 1.29 is 9.47 Å². The fourth-order valence-electron chi connectivity index (χ4n) is 2.49. The zero-order valence-corrected chi connectivity index (χ0v) is 13.9. The van der Waals surface area contributed by atoms with Gasteiger partial charge in [-0.15, -0.1) is 0 Å². The van der Waals surface area contributed by atoms with Gasteiger partial charge in [0, 0.05) is 30.7 Å². The number of ether oxygens (including phenoxy) is 2. The first-order chi connectivity index (χ1) is 10.6. The largest absolute Gasteiger partial charge is 0.493 e. The van der Waals surface area contributed by atoms with Crippen molar-refractivity contribution in [2.75, 3.05) is 33.9 Å². The summed E-state index contributed by atoms with van der Waals surface area (Å²) in [5.41, 5.74) is 0.864. The van der Waals surface area contributed by atoms with Gasteiger partial charge in [0.05, 0.1) is 19.2 Å². The molecule has 0 saturated carbocycles. The van der Waals surface area contributed by atoms with E-state index in [0.29, 0.717) is 12.5 Å². The van der Waals surface area contributed by atoms with Gasteiger partial charge in [-0.1, -0.05) is 13.8 Å². The zero-order chi connectivity index (χ0) is 15.9. The maximum Gasteiger partial charge on any atom is 0.163 e. The summed E-state index contributed by atoms with van der Waals surface area (Å²) >= 11 is 0. The Morgan fingerprint density at radius 2 is 2.05 bits per heavy atom. The molecule has 0 aliphatic carbocycles. The second-order valence-electron chi connectivity index (χ2n) is 5.94. The lowest BCUT2D eigenvalue weighted by atomic mass is 10.2. The number of hydrogen-bond acceptors (Lipinski definition) is 5. The van der Waals surface area contributed by atoms with Crippen LogP contribution in [-0.2, 0) is 0 Å². The van der Waals surface area contributed by atoms with Crippen molar-refractivity contribution in [2.24, 2.45) is 5.92 Å². The van der Waals surface area contributed by atoms with Crippen molar-refractivity contribution in [1.82, 2.24) is 14.9 Å². The second-order valence-corrected chi connectivity index (χ2v) is 5.94. The van der Waals surface area contributed by atoms with Gasteiger partial charge in [0.1, 0.15) is 6.33 Å². The van der Waals surface area contributed by atoms with Crippen LogP contribution in [0.5, 0.6) is 11.5 Å². The van der Waals surface area contributed by atoms with Crippen LogP contribution >= 0.6 is 0 Å². The molecule has 2 rings (SSSR count). The van der Waals surface area contributed by atoms with Gasteiger partial charge in [0.25, 0.3) is 0 Å². The molecule has 2 aromatic rings. The summed E-state index contributed by atoms with van der Waals surface area (Å²) < 4.78 is 11.3. The highest BCUT2D eigenvalue weighted by Gasteiger charge is 2.08. The predicted molar refractivity (Wildman–Crippen MR) is 88.5 cm³/mol. The third-order valence-corrected chi connectivity index (χ3v) is 3.41. The minimum atomic E-state index is 0.662. The Labute approximate surface area is 132 Å². The fourth-order valence-corrected chi connectivity index (χ4v) is 2.49. The molecule has 120 valence electrons. The highest BCUT2D eigenvalue weighted by atomic mass is 16.5. The predicted octanol–water partition coefficient (Wildman–Crippen LogP) is 3.00. The van der Waals surface area contributed by atoms with E-state index in [9.17, 15) is 0 Å². The number of benzene rings is 1. The number of aromatic nitrogens is 2. The Balaban J connectivity index is 1.93. The highest BCUT2D eigenvalue weighted by Crippen LogP contribution is 2.31. The van der Waals surface area contributed by atoms with E-state index in [0.717, 1.165) is 41.9 Å². The Kier molecular flexibility index (Phi) is 5.95. The van der Waals surface area contributed by atoms with Crippen LogP contribution in [0.2, 0.25) is 0 Å². The molecule has 0 saturated heterocycles. The van der Waals surface area contributed by atoms with E-state index in [4.69, 9.17) is 9.47 Å². The van der Waals surface area contributed by atoms with Gasteiger partial charge in [-0.3, -0.25) is 0 Å². The van der Waals surface area contributed by atoms with E-state index < -0.39 is 0 Å². The molecule has 0 bridgehead atoms. The molecule has 22 heavy (non-hydrogen) atoms. The first kappa shape index (κ1) is 16.5. The lowest BCUT2D eigenvalue weighted by molar-refractivity contribution is 0.242. The summed E-state index contributed by atoms with van der Waals surface area (Å²) in [6.07, 6.45) is 4.29. The van der Waals surface area contributed by atoms with Crippen molar-refractivity contribution >= 4 is 10.9 Å². The number of hydrogen-bond donors (Lipinski definition) is 0. The van der Waals surface area contributed by atoms with E-state index in [1.165, 1.54) is 0 Å². The van der Waals surface area contributed by atoms with Crippen LogP contribution < -0.4 is 9.47 Å². The van der Waals surface area contributed by atoms with Crippen LogP contribution in [0.3, 0.4) is 0 Å². The van der Waals surface area contributed by atoms with Gasteiger partial charge in [0.2, 0.25) is 0 Å². The lowest BCUT2D eigenvalue weighted by Gasteiger charge is -2.19. The van der Waals surface area contributed by atoms with E-state index in [2.05, 4.69) is 35.8 Å². The average molecular weight is 303 g/mol. The van der Waals surface area contributed by atoms with Gasteiger partial charge in [-0.2, -0.15) is 0 Å². The molecular formula is C17H25N3O2. The normalized spacial score (nSPS) is 11.4. The molecule has 0 spiro atoms. The molecular weight excluding hydrogens is 278 g/mol. The van der Waals surface area contributed by atoms with Crippen LogP contribution in [-0.4, -0.2) is 48.7 Å². The number of rotatable bonds is 8. The molecule has 5 nitrogen and oxygen atoms in total. The molecule has 0 radical (unpaired) electrons. The minimum absolute atomic E-state index is 0.662. The molecule has 0 aliphatic rings. The molecule has 0 N–H and O–H groups in total. The van der Waals surface area contributed by atoms with Crippen LogP contribution in [0.15, 0.2) is 24.7 Å². The summed E-state index contributed by atoms with van der Waals surface area (Å²) in [6.45, 7) is 7.26. The van der Waals surface area contributed by atoms with Gasteiger partial charge >= 0.3 is 0 Å². The maximum absolute atomic E-state index is 5.88.